The smallest absolute Gasteiger partial charge is 0.258 e. The van der Waals surface area contributed by atoms with E-state index < -0.39 is 0 Å². The lowest BCUT2D eigenvalue weighted by Crippen LogP contribution is -2.38. The normalized spacial score (nSPS) is 15.5. The number of amides is 1. The molecule has 0 aliphatic carbocycles. The van der Waals surface area contributed by atoms with E-state index in [1.807, 2.05) is 32.0 Å². The fourth-order valence-electron chi connectivity index (χ4n) is 3.59. The summed E-state index contributed by atoms with van der Waals surface area (Å²) in [6.45, 7) is 9.00. The molecule has 2 aromatic carbocycles. The second kappa shape index (κ2) is 9.05. The van der Waals surface area contributed by atoms with Gasteiger partial charge in [0.25, 0.3) is 5.91 Å². The van der Waals surface area contributed by atoms with Crippen LogP contribution in [0.15, 0.2) is 42.5 Å². The number of carbonyl (C=O) groups excluding carboxylic acids is 1. The third-order valence-electron chi connectivity index (χ3n) is 5.45. The lowest BCUT2D eigenvalue weighted by molar-refractivity contribution is -0.123. The van der Waals surface area contributed by atoms with Gasteiger partial charge in [-0.15, -0.1) is 0 Å². The van der Waals surface area contributed by atoms with Crippen LogP contribution >= 0.6 is 0 Å². The van der Waals surface area contributed by atoms with Gasteiger partial charge in [-0.2, -0.15) is 0 Å². The quantitative estimate of drug-likeness (QED) is 0.807. The topological polar surface area (TPSA) is 41.6 Å². The molecule has 1 saturated heterocycles. The lowest BCUT2D eigenvalue weighted by Gasteiger charge is -2.28. The molecule has 4 heteroatoms. The molecular weight excluding hydrogens is 336 g/mol. The molecule has 27 heavy (non-hydrogen) atoms. The third-order valence-corrected chi connectivity index (χ3v) is 5.45. The Balaban J connectivity index is 1.58. The predicted octanol–water partition coefficient (Wildman–Crippen LogP) is 3.94. The number of rotatable bonds is 7. The van der Waals surface area contributed by atoms with E-state index in [2.05, 4.69) is 41.4 Å². The number of nitrogens with zero attached hydrogens (tertiary/aromatic N) is 1. The summed E-state index contributed by atoms with van der Waals surface area (Å²) in [5, 5.41) is 3.07. The van der Waals surface area contributed by atoms with E-state index >= 15 is 0 Å². The van der Waals surface area contributed by atoms with Crippen LogP contribution in [0.1, 0.15) is 41.1 Å². The van der Waals surface area contributed by atoms with Gasteiger partial charge in [0.1, 0.15) is 5.75 Å². The van der Waals surface area contributed by atoms with E-state index in [-0.39, 0.29) is 18.6 Å². The Bertz CT molecular complexity index is 764. The van der Waals surface area contributed by atoms with Gasteiger partial charge in [-0.3, -0.25) is 9.69 Å². The van der Waals surface area contributed by atoms with Crippen LogP contribution in [0.5, 0.6) is 5.75 Å². The van der Waals surface area contributed by atoms with Crippen molar-refractivity contribution in [3.63, 3.8) is 0 Å². The highest BCUT2D eigenvalue weighted by Gasteiger charge is 2.24. The molecule has 3 rings (SSSR count). The highest BCUT2D eigenvalue weighted by Crippen LogP contribution is 2.25. The maximum atomic E-state index is 12.4. The summed E-state index contributed by atoms with van der Waals surface area (Å²) in [4.78, 5) is 14.8. The minimum Gasteiger partial charge on any atom is -0.483 e. The van der Waals surface area contributed by atoms with Crippen LogP contribution in [-0.2, 0) is 4.79 Å². The van der Waals surface area contributed by atoms with Crippen LogP contribution in [-0.4, -0.2) is 37.0 Å². The number of hydrogen-bond acceptors (Lipinski definition) is 3. The van der Waals surface area contributed by atoms with Crippen molar-refractivity contribution >= 4 is 5.91 Å². The zero-order valence-electron chi connectivity index (χ0n) is 16.6. The number of benzene rings is 2. The van der Waals surface area contributed by atoms with Crippen LogP contribution in [0.3, 0.4) is 0 Å². The second-order valence-corrected chi connectivity index (χ2v) is 7.46. The summed E-state index contributed by atoms with van der Waals surface area (Å²) < 4.78 is 5.73. The van der Waals surface area contributed by atoms with Crippen molar-refractivity contribution in [2.24, 2.45) is 0 Å². The summed E-state index contributed by atoms with van der Waals surface area (Å²) in [7, 11) is 0. The van der Waals surface area contributed by atoms with E-state index in [4.69, 9.17) is 4.74 Å². The molecule has 0 radical (unpaired) electrons. The summed E-state index contributed by atoms with van der Waals surface area (Å²) in [5.41, 5.74) is 4.77. The first kappa shape index (κ1) is 19.4. The minimum absolute atomic E-state index is 0.0465. The molecule has 1 N–H and O–H groups in total. The van der Waals surface area contributed by atoms with Gasteiger partial charge in [-0.1, -0.05) is 42.0 Å². The van der Waals surface area contributed by atoms with Gasteiger partial charge in [0, 0.05) is 6.54 Å². The molecule has 1 atom stereocenters. The second-order valence-electron chi connectivity index (χ2n) is 7.46. The van der Waals surface area contributed by atoms with Crippen LogP contribution < -0.4 is 10.1 Å². The molecule has 1 heterocycles. The van der Waals surface area contributed by atoms with Crippen LogP contribution in [0, 0.1) is 20.8 Å². The Labute approximate surface area is 162 Å². The highest BCUT2D eigenvalue weighted by atomic mass is 16.5. The highest BCUT2D eigenvalue weighted by molar-refractivity contribution is 5.77. The SMILES string of the molecule is Cc1ccc(C(CNC(=O)COc2cccc(C)c2C)N2CCCC2)cc1. The van der Waals surface area contributed by atoms with Gasteiger partial charge in [-0.25, -0.2) is 0 Å². The van der Waals surface area contributed by atoms with E-state index in [0.717, 1.165) is 24.4 Å². The standard InChI is InChI=1S/C23H30N2O2/c1-17-9-11-20(12-10-17)21(25-13-4-5-14-25)15-24-23(26)16-27-22-8-6-7-18(2)19(22)3/h6-12,21H,4-5,13-16H2,1-3H3,(H,24,26). The molecule has 4 nitrogen and oxygen atoms in total. The van der Waals surface area contributed by atoms with Gasteiger partial charge < -0.3 is 10.1 Å². The Hall–Kier alpha value is -2.33. The van der Waals surface area contributed by atoms with E-state index in [0.29, 0.717) is 6.54 Å². The van der Waals surface area contributed by atoms with Crippen molar-refractivity contribution < 1.29 is 9.53 Å². The van der Waals surface area contributed by atoms with E-state index in [1.54, 1.807) is 0 Å². The van der Waals surface area contributed by atoms with Crippen molar-refractivity contribution in [2.75, 3.05) is 26.2 Å². The zero-order valence-corrected chi connectivity index (χ0v) is 16.6. The molecular formula is C23H30N2O2. The summed E-state index contributed by atoms with van der Waals surface area (Å²) in [6, 6.07) is 14.8. The first-order valence-electron chi connectivity index (χ1n) is 9.81. The van der Waals surface area contributed by atoms with Crippen LogP contribution in [0.25, 0.3) is 0 Å². The zero-order chi connectivity index (χ0) is 19.2. The average Bonchev–Trinajstić information content (AvgIpc) is 3.19. The maximum Gasteiger partial charge on any atom is 0.258 e. The molecule has 0 saturated carbocycles. The van der Waals surface area contributed by atoms with Crippen molar-refractivity contribution in [2.45, 2.75) is 39.7 Å². The molecule has 1 amide bonds. The average molecular weight is 367 g/mol. The van der Waals surface area contributed by atoms with Crippen molar-refractivity contribution in [1.29, 1.82) is 0 Å². The lowest BCUT2D eigenvalue weighted by atomic mass is 10.0. The molecule has 1 fully saturated rings. The number of hydrogen-bond donors (Lipinski definition) is 1. The Morgan fingerprint density at radius 2 is 1.78 bits per heavy atom. The largest absolute Gasteiger partial charge is 0.483 e. The molecule has 2 aromatic rings. The molecule has 1 aliphatic rings. The fraction of sp³-hybridized carbons (Fsp3) is 0.435. The van der Waals surface area contributed by atoms with Gasteiger partial charge in [0.15, 0.2) is 6.61 Å². The van der Waals surface area contributed by atoms with Crippen molar-refractivity contribution in [1.82, 2.24) is 10.2 Å². The number of aryl methyl sites for hydroxylation is 2. The van der Waals surface area contributed by atoms with Crippen molar-refractivity contribution in [3.05, 3.63) is 64.7 Å². The first-order chi connectivity index (χ1) is 13.0. The molecule has 0 spiro atoms. The summed E-state index contributed by atoms with van der Waals surface area (Å²) >= 11 is 0. The van der Waals surface area contributed by atoms with Crippen LogP contribution in [0.2, 0.25) is 0 Å². The fourth-order valence-corrected chi connectivity index (χ4v) is 3.59. The predicted molar refractivity (Wildman–Crippen MR) is 109 cm³/mol. The molecule has 0 bridgehead atoms. The molecule has 0 aromatic heterocycles. The van der Waals surface area contributed by atoms with Gasteiger partial charge in [-0.05, 0) is 69.5 Å². The molecule has 144 valence electrons. The number of likely N-dealkylation sites (tertiary alicyclic amines) is 1. The Morgan fingerprint density at radius 3 is 2.48 bits per heavy atom. The molecule has 1 aliphatic heterocycles. The van der Waals surface area contributed by atoms with E-state index in [1.165, 1.54) is 29.5 Å². The summed E-state index contributed by atoms with van der Waals surface area (Å²) in [5.74, 6) is 0.701. The Morgan fingerprint density at radius 1 is 1.07 bits per heavy atom. The van der Waals surface area contributed by atoms with Gasteiger partial charge in [0.2, 0.25) is 0 Å². The van der Waals surface area contributed by atoms with Crippen molar-refractivity contribution in [3.8, 4) is 5.75 Å². The monoisotopic (exact) mass is 366 g/mol. The minimum atomic E-state index is -0.0767. The first-order valence-corrected chi connectivity index (χ1v) is 9.81. The maximum absolute atomic E-state index is 12.4. The number of ether oxygens (including phenoxy) is 1. The number of carbonyl (C=O) groups is 1. The summed E-state index contributed by atoms with van der Waals surface area (Å²) in [6.07, 6.45) is 2.46. The number of nitrogens with one attached hydrogen (secondary N) is 1. The van der Waals surface area contributed by atoms with E-state index in [9.17, 15) is 4.79 Å². The third kappa shape index (κ3) is 5.10. The molecule has 1 unspecified atom stereocenters. The van der Waals surface area contributed by atoms with Crippen LogP contribution in [0.4, 0.5) is 0 Å². The Kier molecular flexibility index (Phi) is 6.51. The van der Waals surface area contributed by atoms with Gasteiger partial charge in [0.05, 0.1) is 6.04 Å². The van der Waals surface area contributed by atoms with Gasteiger partial charge >= 0.3 is 0 Å².